The molecular weight excluding hydrogens is 274 g/mol. The summed E-state index contributed by atoms with van der Waals surface area (Å²) in [5, 5.41) is 0.284. The molecule has 2 aliphatic rings. The minimum Gasteiger partial charge on any atom is -0.462 e. The number of hydrogen-bond acceptors (Lipinski definition) is 3. The molecular formula is C13H13ClF2N2O. The maximum atomic E-state index is 13.8. The van der Waals surface area contributed by atoms with E-state index in [2.05, 4.69) is 4.99 Å². The second-order valence-electron chi connectivity index (χ2n) is 4.90. The summed E-state index contributed by atoms with van der Waals surface area (Å²) in [7, 11) is 0. The van der Waals surface area contributed by atoms with Gasteiger partial charge >= 0.3 is 0 Å². The van der Waals surface area contributed by atoms with Crippen LogP contribution in [-0.4, -0.2) is 18.6 Å². The molecule has 0 spiro atoms. The lowest BCUT2D eigenvalue weighted by Gasteiger charge is -2.50. The number of nitrogens with zero attached hydrogens (tertiary/aromatic N) is 1. The molecule has 3 unspecified atom stereocenters. The molecule has 2 N–H and O–H groups in total. The van der Waals surface area contributed by atoms with Crippen molar-refractivity contribution in [1.29, 1.82) is 0 Å². The number of nitrogens with two attached hydrogens (primary N) is 1. The molecule has 0 amide bonds. The number of benzene rings is 1. The molecule has 3 atom stereocenters. The van der Waals surface area contributed by atoms with Crippen LogP contribution in [0.25, 0.3) is 0 Å². The molecule has 0 bridgehead atoms. The van der Waals surface area contributed by atoms with Crippen LogP contribution in [0.2, 0.25) is 5.02 Å². The minimum absolute atomic E-state index is 0.179. The van der Waals surface area contributed by atoms with E-state index in [-0.39, 0.29) is 23.1 Å². The van der Waals surface area contributed by atoms with E-state index < -0.39 is 12.0 Å². The van der Waals surface area contributed by atoms with Crippen LogP contribution >= 0.6 is 11.6 Å². The highest BCUT2D eigenvalue weighted by molar-refractivity contribution is 6.31. The molecule has 6 heteroatoms. The molecule has 0 radical (unpaired) electrons. The summed E-state index contributed by atoms with van der Waals surface area (Å²) in [5.41, 5.74) is 4.22. The van der Waals surface area contributed by atoms with Gasteiger partial charge in [0, 0.05) is 16.5 Å². The lowest BCUT2D eigenvalue weighted by Crippen LogP contribution is -2.57. The zero-order chi connectivity index (χ0) is 13.6. The first-order valence-corrected chi connectivity index (χ1v) is 6.48. The lowest BCUT2D eigenvalue weighted by atomic mass is 9.65. The number of halogens is 3. The SMILES string of the molecule is NC1=NC(c2ccccc2Cl)(C(F)F)C2CCC2O1. The van der Waals surface area contributed by atoms with Crippen LogP contribution in [0.5, 0.6) is 0 Å². The van der Waals surface area contributed by atoms with Gasteiger partial charge in [0.2, 0.25) is 0 Å². The molecule has 3 rings (SSSR count). The van der Waals surface area contributed by atoms with E-state index in [0.717, 1.165) is 6.42 Å². The Labute approximate surface area is 114 Å². The predicted molar refractivity (Wildman–Crippen MR) is 68.4 cm³/mol. The Morgan fingerprint density at radius 1 is 1.37 bits per heavy atom. The second kappa shape index (κ2) is 4.34. The van der Waals surface area contributed by atoms with Crippen molar-refractivity contribution in [3.8, 4) is 0 Å². The van der Waals surface area contributed by atoms with Gasteiger partial charge in [-0.25, -0.2) is 13.8 Å². The summed E-state index contributed by atoms with van der Waals surface area (Å²) in [5.74, 6) is -0.375. The number of amidine groups is 1. The second-order valence-corrected chi connectivity index (χ2v) is 5.30. The van der Waals surface area contributed by atoms with Crippen molar-refractivity contribution in [3.63, 3.8) is 0 Å². The largest absolute Gasteiger partial charge is 0.462 e. The van der Waals surface area contributed by atoms with Crippen LogP contribution < -0.4 is 5.73 Å². The van der Waals surface area contributed by atoms with E-state index in [9.17, 15) is 8.78 Å². The minimum atomic E-state index is -2.68. The van der Waals surface area contributed by atoms with E-state index in [1.807, 2.05) is 0 Å². The Kier molecular flexibility index (Phi) is 2.89. The van der Waals surface area contributed by atoms with Crippen molar-refractivity contribution in [3.05, 3.63) is 34.9 Å². The first-order chi connectivity index (χ1) is 9.05. The summed E-state index contributed by atoms with van der Waals surface area (Å²) in [6, 6.07) is 6.39. The summed E-state index contributed by atoms with van der Waals surface area (Å²) in [6.45, 7) is 0. The number of rotatable bonds is 2. The Bertz CT molecular complexity index is 537. The Morgan fingerprint density at radius 2 is 2.11 bits per heavy atom. The smallest absolute Gasteiger partial charge is 0.283 e. The van der Waals surface area contributed by atoms with E-state index in [1.54, 1.807) is 24.3 Å². The molecule has 3 nitrogen and oxygen atoms in total. The third kappa shape index (κ3) is 1.71. The van der Waals surface area contributed by atoms with Gasteiger partial charge in [0.25, 0.3) is 12.4 Å². The topological polar surface area (TPSA) is 47.6 Å². The molecule has 1 aliphatic heterocycles. The van der Waals surface area contributed by atoms with Crippen LogP contribution in [0.4, 0.5) is 8.78 Å². The third-order valence-electron chi connectivity index (χ3n) is 3.98. The average Bonchev–Trinajstić information content (AvgIpc) is 2.33. The molecule has 0 aromatic heterocycles. The van der Waals surface area contributed by atoms with Gasteiger partial charge in [-0.3, -0.25) is 0 Å². The van der Waals surface area contributed by atoms with Crippen molar-refractivity contribution in [1.82, 2.24) is 0 Å². The zero-order valence-corrected chi connectivity index (χ0v) is 10.8. The number of fused-ring (bicyclic) bond motifs is 1. The van der Waals surface area contributed by atoms with Gasteiger partial charge in [-0.2, -0.15) is 0 Å². The number of aliphatic imine (C=N–C) groups is 1. The summed E-state index contributed by atoms with van der Waals surface area (Å²) >= 11 is 6.09. The van der Waals surface area contributed by atoms with Gasteiger partial charge in [-0.05, 0) is 18.9 Å². The predicted octanol–water partition coefficient (Wildman–Crippen LogP) is 2.92. The van der Waals surface area contributed by atoms with Crippen LogP contribution in [0.3, 0.4) is 0 Å². The van der Waals surface area contributed by atoms with Gasteiger partial charge < -0.3 is 10.5 Å². The third-order valence-corrected chi connectivity index (χ3v) is 4.31. The van der Waals surface area contributed by atoms with E-state index in [4.69, 9.17) is 22.1 Å². The summed E-state index contributed by atoms with van der Waals surface area (Å²) in [6.07, 6.45) is -1.61. The molecule has 1 saturated carbocycles. The van der Waals surface area contributed by atoms with Crippen LogP contribution in [0.1, 0.15) is 18.4 Å². The fourth-order valence-corrected chi connectivity index (χ4v) is 3.22. The maximum Gasteiger partial charge on any atom is 0.283 e. The number of hydrogen-bond donors (Lipinski definition) is 1. The van der Waals surface area contributed by atoms with Crippen molar-refractivity contribution < 1.29 is 13.5 Å². The normalized spacial score (nSPS) is 33.2. The van der Waals surface area contributed by atoms with Crippen molar-refractivity contribution >= 4 is 17.6 Å². The van der Waals surface area contributed by atoms with Crippen LogP contribution in [-0.2, 0) is 10.3 Å². The van der Waals surface area contributed by atoms with E-state index in [1.165, 1.54) is 0 Å². The standard InChI is InChI=1S/C13H13ClF2N2O/c14-9-4-2-1-3-7(9)13(11(15)16)8-5-6-10(8)19-12(17)18-13/h1-4,8,10-11H,5-6H2,(H2,17,18). The summed E-state index contributed by atoms with van der Waals surface area (Å²) < 4.78 is 32.9. The van der Waals surface area contributed by atoms with Gasteiger partial charge in [0.05, 0.1) is 0 Å². The Morgan fingerprint density at radius 3 is 2.68 bits per heavy atom. The maximum absolute atomic E-state index is 13.8. The molecule has 102 valence electrons. The number of alkyl halides is 2. The van der Waals surface area contributed by atoms with E-state index >= 15 is 0 Å². The first kappa shape index (κ1) is 12.7. The average molecular weight is 287 g/mol. The van der Waals surface area contributed by atoms with Gasteiger partial charge in [-0.15, -0.1) is 0 Å². The van der Waals surface area contributed by atoms with Crippen molar-refractivity contribution in [2.75, 3.05) is 0 Å². The molecule has 19 heavy (non-hydrogen) atoms. The Hall–Kier alpha value is -1.36. The quantitative estimate of drug-likeness (QED) is 0.909. The highest BCUT2D eigenvalue weighted by Crippen LogP contribution is 2.53. The fraction of sp³-hybridized carbons (Fsp3) is 0.462. The molecule has 1 aromatic rings. The molecule has 1 aromatic carbocycles. The Balaban J connectivity index is 2.19. The van der Waals surface area contributed by atoms with Gasteiger partial charge in [-0.1, -0.05) is 29.8 Å². The molecule has 1 aliphatic carbocycles. The molecule has 0 saturated heterocycles. The van der Waals surface area contributed by atoms with Gasteiger partial charge in [0.15, 0.2) is 5.54 Å². The monoisotopic (exact) mass is 286 g/mol. The zero-order valence-electron chi connectivity index (χ0n) is 10.0. The van der Waals surface area contributed by atoms with Crippen LogP contribution in [0.15, 0.2) is 29.3 Å². The van der Waals surface area contributed by atoms with Crippen molar-refractivity contribution in [2.45, 2.75) is 30.9 Å². The van der Waals surface area contributed by atoms with Crippen LogP contribution in [0, 0.1) is 5.92 Å². The van der Waals surface area contributed by atoms with E-state index in [0.29, 0.717) is 12.0 Å². The highest BCUT2D eigenvalue weighted by Gasteiger charge is 2.59. The van der Waals surface area contributed by atoms with Gasteiger partial charge in [0.1, 0.15) is 6.10 Å². The first-order valence-electron chi connectivity index (χ1n) is 6.11. The number of ether oxygens (including phenoxy) is 1. The molecule has 1 heterocycles. The lowest BCUT2D eigenvalue weighted by molar-refractivity contribution is -0.0936. The highest BCUT2D eigenvalue weighted by atomic mass is 35.5. The fourth-order valence-electron chi connectivity index (χ4n) is 2.93. The summed E-state index contributed by atoms with van der Waals surface area (Å²) in [4.78, 5) is 3.96. The molecule has 1 fully saturated rings. The van der Waals surface area contributed by atoms with Crippen molar-refractivity contribution in [2.24, 2.45) is 16.6 Å².